The molecule has 0 spiro atoms. The van der Waals surface area contributed by atoms with Gasteiger partial charge in [0.15, 0.2) is 0 Å². The highest BCUT2D eigenvalue weighted by atomic mass is 79.9. The maximum Gasteiger partial charge on any atom is 0.217 e. The number of nitriles is 1. The lowest BCUT2D eigenvalue weighted by Gasteiger charge is -2.11. The summed E-state index contributed by atoms with van der Waals surface area (Å²) in [5.74, 6) is 0.366. The third kappa shape index (κ3) is 2.23. The minimum Gasteiger partial charge on any atom is -0.324 e. The van der Waals surface area contributed by atoms with Gasteiger partial charge in [0.1, 0.15) is 6.07 Å². The summed E-state index contributed by atoms with van der Waals surface area (Å²) in [6.45, 7) is 1.93. The van der Waals surface area contributed by atoms with Crippen LogP contribution in [0.25, 0.3) is 5.69 Å². The van der Waals surface area contributed by atoms with Crippen LogP contribution in [0.5, 0.6) is 0 Å². The van der Waals surface area contributed by atoms with Gasteiger partial charge in [-0.25, -0.2) is 4.98 Å². The number of nitrogens with two attached hydrogens (primary N) is 1. The smallest absolute Gasteiger partial charge is 0.217 e. The van der Waals surface area contributed by atoms with E-state index in [-0.39, 0.29) is 6.04 Å². The first-order valence-electron chi connectivity index (χ1n) is 5.12. The van der Waals surface area contributed by atoms with E-state index >= 15 is 0 Å². The SMILES string of the molecule is CC(N)c1ccc(-n2ccnc2C#N)cc1Br. The molecule has 0 bridgehead atoms. The molecule has 0 saturated carbocycles. The first kappa shape index (κ1) is 11.8. The van der Waals surface area contributed by atoms with E-state index in [9.17, 15) is 0 Å². The number of hydrogen-bond acceptors (Lipinski definition) is 3. The Bertz CT molecular complexity index is 580. The Morgan fingerprint density at radius 3 is 2.88 bits per heavy atom. The van der Waals surface area contributed by atoms with Crippen molar-refractivity contribution in [2.24, 2.45) is 5.73 Å². The highest BCUT2D eigenvalue weighted by molar-refractivity contribution is 9.10. The van der Waals surface area contributed by atoms with Crippen LogP contribution in [0, 0.1) is 11.3 Å². The maximum absolute atomic E-state index is 8.92. The van der Waals surface area contributed by atoms with Gasteiger partial charge in [-0.2, -0.15) is 5.26 Å². The second-order valence-electron chi connectivity index (χ2n) is 3.73. The molecule has 1 aromatic carbocycles. The lowest BCUT2D eigenvalue weighted by molar-refractivity contribution is 0.812. The molecule has 1 aromatic heterocycles. The lowest BCUT2D eigenvalue weighted by atomic mass is 10.1. The summed E-state index contributed by atoms with van der Waals surface area (Å²) in [4.78, 5) is 3.96. The molecule has 0 aliphatic heterocycles. The molecule has 0 fully saturated rings. The third-order valence-corrected chi connectivity index (χ3v) is 3.18. The van der Waals surface area contributed by atoms with E-state index < -0.39 is 0 Å². The van der Waals surface area contributed by atoms with E-state index in [2.05, 4.69) is 20.9 Å². The van der Waals surface area contributed by atoms with Crippen molar-refractivity contribution in [3.8, 4) is 11.8 Å². The van der Waals surface area contributed by atoms with Crippen LogP contribution < -0.4 is 5.73 Å². The predicted molar refractivity (Wildman–Crippen MR) is 68.6 cm³/mol. The van der Waals surface area contributed by atoms with Crippen LogP contribution in [0.1, 0.15) is 24.4 Å². The first-order valence-corrected chi connectivity index (χ1v) is 5.91. The van der Waals surface area contributed by atoms with Crippen molar-refractivity contribution in [3.05, 3.63) is 46.5 Å². The molecule has 0 amide bonds. The second kappa shape index (κ2) is 4.70. The van der Waals surface area contributed by atoms with Crippen LogP contribution in [0.15, 0.2) is 35.1 Å². The molecule has 4 nitrogen and oxygen atoms in total. The zero-order valence-electron chi connectivity index (χ0n) is 9.26. The van der Waals surface area contributed by atoms with Gasteiger partial charge in [-0.1, -0.05) is 22.0 Å². The van der Waals surface area contributed by atoms with Gasteiger partial charge >= 0.3 is 0 Å². The zero-order valence-corrected chi connectivity index (χ0v) is 10.8. The number of aromatic nitrogens is 2. The van der Waals surface area contributed by atoms with Crippen LogP contribution in [0.2, 0.25) is 0 Å². The summed E-state index contributed by atoms with van der Waals surface area (Å²) in [5, 5.41) is 8.92. The summed E-state index contributed by atoms with van der Waals surface area (Å²) in [6, 6.07) is 7.82. The fraction of sp³-hybridized carbons (Fsp3) is 0.167. The molecule has 1 heterocycles. The largest absolute Gasteiger partial charge is 0.324 e. The molecule has 1 unspecified atom stereocenters. The van der Waals surface area contributed by atoms with Crippen LogP contribution in [-0.4, -0.2) is 9.55 Å². The summed E-state index contributed by atoms with van der Waals surface area (Å²) in [7, 11) is 0. The predicted octanol–water partition coefficient (Wildman–Crippen LogP) is 2.53. The molecule has 5 heteroatoms. The van der Waals surface area contributed by atoms with E-state index in [0.29, 0.717) is 5.82 Å². The summed E-state index contributed by atoms with van der Waals surface area (Å²) < 4.78 is 2.66. The molecule has 0 aliphatic carbocycles. The van der Waals surface area contributed by atoms with Gasteiger partial charge in [-0.3, -0.25) is 4.57 Å². The Labute approximate surface area is 108 Å². The Morgan fingerprint density at radius 2 is 2.29 bits per heavy atom. The zero-order chi connectivity index (χ0) is 12.4. The number of nitrogens with zero attached hydrogens (tertiary/aromatic N) is 3. The monoisotopic (exact) mass is 290 g/mol. The van der Waals surface area contributed by atoms with Crippen LogP contribution in [0.3, 0.4) is 0 Å². The van der Waals surface area contributed by atoms with E-state index in [1.54, 1.807) is 17.0 Å². The topological polar surface area (TPSA) is 67.6 Å². The fourth-order valence-corrected chi connectivity index (χ4v) is 2.36. The Hall–Kier alpha value is -1.64. The van der Waals surface area contributed by atoms with Gasteiger partial charge < -0.3 is 5.73 Å². The van der Waals surface area contributed by atoms with E-state index in [1.807, 2.05) is 31.2 Å². The Morgan fingerprint density at radius 1 is 1.53 bits per heavy atom. The average Bonchev–Trinajstić information content (AvgIpc) is 2.76. The van der Waals surface area contributed by atoms with Crippen molar-refractivity contribution in [2.45, 2.75) is 13.0 Å². The molecule has 2 rings (SSSR count). The van der Waals surface area contributed by atoms with Crippen molar-refractivity contribution in [3.63, 3.8) is 0 Å². The lowest BCUT2D eigenvalue weighted by Crippen LogP contribution is -2.06. The summed E-state index contributed by atoms with van der Waals surface area (Å²) in [5.41, 5.74) is 7.76. The van der Waals surface area contributed by atoms with Crippen molar-refractivity contribution in [1.82, 2.24) is 9.55 Å². The van der Waals surface area contributed by atoms with E-state index in [4.69, 9.17) is 11.0 Å². The molecular weight excluding hydrogens is 280 g/mol. The first-order chi connectivity index (χ1) is 8.13. The minimum atomic E-state index is -0.0309. The van der Waals surface area contributed by atoms with Crippen molar-refractivity contribution < 1.29 is 0 Å². The fourth-order valence-electron chi connectivity index (χ4n) is 1.63. The van der Waals surface area contributed by atoms with Gasteiger partial charge in [-0.15, -0.1) is 0 Å². The summed E-state index contributed by atoms with van der Waals surface area (Å²) in [6.07, 6.45) is 3.36. The van der Waals surface area contributed by atoms with Gasteiger partial charge in [0.2, 0.25) is 5.82 Å². The molecule has 0 radical (unpaired) electrons. The number of rotatable bonds is 2. The standard InChI is InChI=1S/C12H11BrN4/c1-8(15)10-3-2-9(6-11(10)13)17-5-4-16-12(17)7-14/h2-6,8H,15H2,1H3. The number of imidazole rings is 1. The highest BCUT2D eigenvalue weighted by Crippen LogP contribution is 2.25. The van der Waals surface area contributed by atoms with Crippen molar-refractivity contribution in [2.75, 3.05) is 0 Å². The molecule has 0 saturated heterocycles. The minimum absolute atomic E-state index is 0.0309. The molecule has 1 atom stereocenters. The highest BCUT2D eigenvalue weighted by Gasteiger charge is 2.08. The van der Waals surface area contributed by atoms with Gasteiger partial charge in [0.05, 0.1) is 0 Å². The number of benzene rings is 1. The summed E-state index contributed by atoms with van der Waals surface area (Å²) >= 11 is 3.48. The second-order valence-corrected chi connectivity index (χ2v) is 4.58. The van der Waals surface area contributed by atoms with Crippen LogP contribution in [0.4, 0.5) is 0 Å². The number of hydrogen-bond donors (Lipinski definition) is 1. The maximum atomic E-state index is 8.92. The molecule has 17 heavy (non-hydrogen) atoms. The molecule has 2 N–H and O–H groups in total. The van der Waals surface area contributed by atoms with Crippen molar-refractivity contribution in [1.29, 1.82) is 5.26 Å². The molecule has 2 aromatic rings. The Kier molecular flexibility index (Phi) is 3.27. The van der Waals surface area contributed by atoms with Crippen LogP contribution in [-0.2, 0) is 0 Å². The van der Waals surface area contributed by atoms with E-state index in [0.717, 1.165) is 15.7 Å². The Balaban J connectivity index is 2.49. The molecule has 0 aliphatic rings. The normalized spacial score (nSPS) is 12.1. The molecular formula is C12H11BrN4. The van der Waals surface area contributed by atoms with E-state index in [1.165, 1.54) is 0 Å². The third-order valence-electron chi connectivity index (χ3n) is 2.49. The van der Waals surface area contributed by atoms with Crippen LogP contribution >= 0.6 is 15.9 Å². The van der Waals surface area contributed by atoms with Gasteiger partial charge in [0.25, 0.3) is 0 Å². The quantitative estimate of drug-likeness (QED) is 0.924. The van der Waals surface area contributed by atoms with Crippen molar-refractivity contribution >= 4 is 15.9 Å². The average molecular weight is 291 g/mol. The number of halogens is 1. The molecule has 86 valence electrons. The van der Waals surface area contributed by atoms with Gasteiger partial charge in [-0.05, 0) is 24.6 Å². The van der Waals surface area contributed by atoms with Gasteiger partial charge in [0, 0.05) is 28.6 Å².